The first-order chi connectivity index (χ1) is 12.7. The molecule has 3 rings (SSSR count). The summed E-state index contributed by atoms with van der Waals surface area (Å²) in [5.74, 6) is 0.204. The molecule has 0 spiro atoms. The highest BCUT2D eigenvalue weighted by molar-refractivity contribution is 5.77. The summed E-state index contributed by atoms with van der Waals surface area (Å²) in [5, 5.41) is 2.92. The number of halogens is 1. The van der Waals surface area contributed by atoms with Gasteiger partial charge in [0.25, 0.3) is 5.91 Å². The molecule has 2 aromatic carbocycles. The Morgan fingerprint density at radius 1 is 1.12 bits per heavy atom. The molecule has 0 aromatic heterocycles. The molecule has 0 bridgehead atoms. The van der Waals surface area contributed by atoms with Gasteiger partial charge in [0.2, 0.25) is 0 Å². The predicted octanol–water partition coefficient (Wildman–Crippen LogP) is 2.39. The van der Waals surface area contributed by atoms with E-state index in [9.17, 15) is 9.18 Å². The number of hydrogen-bond acceptors (Lipinski definition) is 4. The first-order valence-corrected chi connectivity index (χ1v) is 8.74. The van der Waals surface area contributed by atoms with Gasteiger partial charge in [0.15, 0.2) is 6.61 Å². The van der Waals surface area contributed by atoms with E-state index in [4.69, 9.17) is 9.47 Å². The van der Waals surface area contributed by atoms with E-state index < -0.39 is 0 Å². The maximum absolute atomic E-state index is 13.2. The van der Waals surface area contributed by atoms with Crippen LogP contribution in [0.3, 0.4) is 0 Å². The van der Waals surface area contributed by atoms with E-state index in [2.05, 4.69) is 10.2 Å². The summed E-state index contributed by atoms with van der Waals surface area (Å²) in [5.41, 5.74) is 0.970. The molecule has 1 atom stereocenters. The smallest absolute Gasteiger partial charge is 0.258 e. The van der Waals surface area contributed by atoms with Crippen molar-refractivity contribution in [2.45, 2.75) is 6.04 Å². The van der Waals surface area contributed by atoms with Crippen LogP contribution in [-0.4, -0.2) is 50.3 Å². The van der Waals surface area contributed by atoms with Crippen molar-refractivity contribution in [3.63, 3.8) is 0 Å². The van der Waals surface area contributed by atoms with Crippen molar-refractivity contribution in [3.8, 4) is 5.75 Å². The van der Waals surface area contributed by atoms with Crippen molar-refractivity contribution in [3.05, 3.63) is 66.0 Å². The summed E-state index contributed by atoms with van der Waals surface area (Å²) in [6, 6.07) is 15.6. The van der Waals surface area contributed by atoms with Gasteiger partial charge >= 0.3 is 0 Å². The van der Waals surface area contributed by atoms with Gasteiger partial charge in [-0.25, -0.2) is 4.39 Å². The second-order valence-corrected chi connectivity index (χ2v) is 6.12. The van der Waals surface area contributed by atoms with Crippen molar-refractivity contribution < 1.29 is 18.7 Å². The molecule has 26 heavy (non-hydrogen) atoms. The van der Waals surface area contributed by atoms with Gasteiger partial charge in [0.05, 0.1) is 19.3 Å². The van der Waals surface area contributed by atoms with Crippen molar-refractivity contribution in [2.24, 2.45) is 0 Å². The lowest BCUT2D eigenvalue weighted by Crippen LogP contribution is -2.44. The standard InChI is InChI=1S/C20H23FN2O3/c21-17-8-6-16(7-9-17)19(23-10-12-25-13-11-23)14-22-20(24)15-26-18-4-2-1-3-5-18/h1-9,19H,10-15H2,(H,22,24). The van der Waals surface area contributed by atoms with E-state index >= 15 is 0 Å². The molecule has 1 aliphatic rings. The molecule has 1 N–H and O–H groups in total. The highest BCUT2D eigenvalue weighted by atomic mass is 19.1. The Morgan fingerprint density at radius 3 is 2.50 bits per heavy atom. The second kappa shape index (κ2) is 9.31. The molecule has 0 saturated carbocycles. The van der Waals surface area contributed by atoms with Crippen molar-refractivity contribution in [2.75, 3.05) is 39.5 Å². The first-order valence-electron chi connectivity index (χ1n) is 8.74. The Hall–Kier alpha value is -2.44. The van der Waals surface area contributed by atoms with E-state index in [1.807, 2.05) is 30.3 Å². The van der Waals surface area contributed by atoms with Gasteiger partial charge in [-0.3, -0.25) is 9.69 Å². The number of nitrogens with one attached hydrogen (secondary N) is 1. The summed E-state index contributed by atoms with van der Waals surface area (Å²) in [4.78, 5) is 14.4. The number of carbonyl (C=O) groups is 1. The lowest BCUT2D eigenvalue weighted by atomic mass is 10.0. The van der Waals surface area contributed by atoms with Crippen LogP contribution in [0.15, 0.2) is 54.6 Å². The number of hydrogen-bond donors (Lipinski definition) is 1. The predicted molar refractivity (Wildman–Crippen MR) is 96.5 cm³/mol. The quantitative estimate of drug-likeness (QED) is 0.826. The number of rotatable bonds is 7. The maximum Gasteiger partial charge on any atom is 0.258 e. The third-order valence-electron chi connectivity index (χ3n) is 4.35. The molecule has 1 heterocycles. The Labute approximate surface area is 152 Å². The van der Waals surface area contributed by atoms with Crippen LogP contribution in [0, 0.1) is 5.82 Å². The average molecular weight is 358 g/mol. The molecule has 1 amide bonds. The van der Waals surface area contributed by atoms with Gasteiger partial charge in [0, 0.05) is 19.6 Å². The molecule has 0 radical (unpaired) electrons. The fourth-order valence-corrected chi connectivity index (χ4v) is 2.96. The Balaban J connectivity index is 1.58. The molecule has 5 nitrogen and oxygen atoms in total. The minimum absolute atomic E-state index is 0.0276. The fraction of sp³-hybridized carbons (Fsp3) is 0.350. The molecule has 1 aliphatic heterocycles. The number of amides is 1. The van der Waals surface area contributed by atoms with Gasteiger partial charge in [-0.1, -0.05) is 30.3 Å². The molecule has 2 aromatic rings. The van der Waals surface area contributed by atoms with Gasteiger partial charge in [-0.15, -0.1) is 0 Å². The van der Waals surface area contributed by atoms with E-state index in [-0.39, 0.29) is 24.4 Å². The molecule has 1 saturated heterocycles. The van der Waals surface area contributed by atoms with Gasteiger partial charge in [-0.2, -0.15) is 0 Å². The highest BCUT2D eigenvalue weighted by Gasteiger charge is 2.23. The molecule has 0 aliphatic carbocycles. The normalized spacial score (nSPS) is 16.0. The first kappa shape index (κ1) is 18.4. The van der Waals surface area contributed by atoms with Crippen LogP contribution in [0.25, 0.3) is 0 Å². The van der Waals surface area contributed by atoms with E-state index in [0.717, 1.165) is 18.7 Å². The van der Waals surface area contributed by atoms with Crippen LogP contribution in [0.2, 0.25) is 0 Å². The van der Waals surface area contributed by atoms with Crippen LogP contribution < -0.4 is 10.1 Å². The largest absolute Gasteiger partial charge is 0.484 e. The second-order valence-electron chi connectivity index (χ2n) is 6.12. The van der Waals surface area contributed by atoms with E-state index in [1.165, 1.54) is 12.1 Å². The Kier molecular flexibility index (Phi) is 6.57. The van der Waals surface area contributed by atoms with Crippen LogP contribution in [-0.2, 0) is 9.53 Å². The minimum atomic E-state index is -0.269. The van der Waals surface area contributed by atoms with Crippen LogP contribution in [0.4, 0.5) is 4.39 Å². The molecule has 1 fully saturated rings. The van der Waals surface area contributed by atoms with Crippen LogP contribution in [0.1, 0.15) is 11.6 Å². The van der Waals surface area contributed by atoms with Crippen molar-refractivity contribution in [1.82, 2.24) is 10.2 Å². The van der Waals surface area contributed by atoms with Crippen LogP contribution in [0.5, 0.6) is 5.75 Å². The van der Waals surface area contributed by atoms with E-state index in [0.29, 0.717) is 25.5 Å². The summed E-state index contributed by atoms with van der Waals surface area (Å²) in [6.07, 6.45) is 0. The zero-order valence-electron chi connectivity index (χ0n) is 14.6. The lowest BCUT2D eigenvalue weighted by Gasteiger charge is -2.35. The summed E-state index contributed by atoms with van der Waals surface area (Å²) >= 11 is 0. The average Bonchev–Trinajstić information content (AvgIpc) is 2.69. The van der Waals surface area contributed by atoms with Crippen LogP contribution >= 0.6 is 0 Å². The molecule has 138 valence electrons. The van der Waals surface area contributed by atoms with Crippen molar-refractivity contribution in [1.29, 1.82) is 0 Å². The van der Waals surface area contributed by atoms with Gasteiger partial charge < -0.3 is 14.8 Å². The van der Waals surface area contributed by atoms with E-state index in [1.54, 1.807) is 12.1 Å². The summed E-state index contributed by atoms with van der Waals surface area (Å²) in [7, 11) is 0. The SMILES string of the molecule is O=C(COc1ccccc1)NCC(c1ccc(F)cc1)N1CCOCC1. The molecule has 6 heteroatoms. The third kappa shape index (κ3) is 5.28. The monoisotopic (exact) mass is 358 g/mol. The van der Waals surface area contributed by atoms with Crippen molar-refractivity contribution >= 4 is 5.91 Å². The van der Waals surface area contributed by atoms with Gasteiger partial charge in [-0.05, 0) is 29.8 Å². The maximum atomic E-state index is 13.2. The zero-order chi connectivity index (χ0) is 18.2. The summed E-state index contributed by atoms with van der Waals surface area (Å²) < 4.78 is 24.1. The third-order valence-corrected chi connectivity index (χ3v) is 4.35. The number of nitrogens with zero attached hydrogens (tertiary/aromatic N) is 1. The summed E-state index contributed by atoms with van der Waals surface area (Å²) in [6.45, 7) is 3.26. The molecular formula is C20H23FN2O3. The highest BCUT2D eigenvalue weighted by Crippen LogP contribution is 2.21. The number of para-hydroxylation sites is 1. The molecular weight excluding hydrogens is 335 g/mol. The van der Waals surface area contributed by atoms with Gasteiger partial charge in [0.1, 0.15) is 11.6 Å². The zero-order valence-corrected chi connectivity index (χ0v) is 14.6. The Morgan fingerprint density at radius 2 is 1.81 bits per heavy atom. The Bertz CT molecular complexity index is 688. The number of benzene rings is 2. The topological polar surface area (TPSA) is 50.8 Å². The number of carbonyl (C=O) groups excluding carboxylic acids is 1. The minimum Gasteiger partial charge on any atom is -0.484 e. The number of morpholine rings is 1. The molecule has 1 unspecified atom stereocenters. The number of ether oxygens (including phenoxy) is 2. The lowest BCUT2D eigenvalue weighted by molar-refractivity contribution is -0.123. The fourth-order valence-electron chi connectivity index (χ4n) is 2.96.